The van der Waals surface area contributed by atoms with Gasteiger partial charge in [-0.05, 0) is 43.5 Å². The highest BCUT2D eigenvalue weighted by molar-refractivity contribution is 7.90. The van der Waals surface area contributed by atoms with Crippen LogP contribution < -0.4 is 5.32 Å². The van der Waals surface area contributed by atoms with E-state index >= 15 is 0 Å². The molecule has 2 atom stereocenters. The molecule has 3 aromatic rings. The third-order valence-electron chi connectivity index (χ3n) is 7.19. The Hall–Kier alpha value is -3.98. The van der Waals surface area contributed by atoms with Crippen molar-refractivity contribution >= 4 is 27.7 Å². The monoisotopic (exact) mass is 561 g/mol. The maximum atomic E-state index is 13.9. The van der Waals surface area contributed by atoms with Crippen molar-refractivity contribution in [3.63, 3.8) is 0 Å². The molecule has 1 aliphatic rings. The summed E-state index contributed by atoms with van der Waals surface area (Å²) in [4.78, 5) is 41.8. The zero-order valence-electron chi connectivity index (χ0n) is 23.0. The van der Waals surface area contributed by atoms with Crippen LogP contribution in [0.15, 0.2) is 83.8 Å². The summed E-state index contributed by atoms with van der Waals surface area (Å²) in [6, 6.07) is 22.3. The molecule has 9 heteroatoms. The number of benzene rings is 3. The molecule has 1 aliphatic heterocycles. The van der Waals surface area contributed by atoms with Crippen LogP contribution in [0.1, 0.15) is 53.7 Å². The second kappa shape index (κ2) is 12.5. The second-order valence-corrected chi connectivity index (χ2v) is 12.0. The topological polar surface area (TPSA) is 104 Å². The van der Waals surface area contributed by atoms with E-state index in [-0.39, 0.29) is 48.3 Å². The fourth-order valence-corrected chi connectivity index (χ4v) is 6.25. The van der Waals surface area contributed by atoms with Crippen LogP contribution in [0.4, 0.5) is 0 Å². The Morgan fingerprint density at radius 1 is 0.925 bits per heavy atom. The Bertz CT molecular complexity index is 1470. The lowest BCUT2D eigenvalue weighted by atomic mass is 10.0. The standard InChI is InChI=1S/C31H35N3O5S/c1-4-23(3)32-30(36)27(20-24-10-6-5-7-11-24)33(21-25-16-14-22(2)15-17-25)29(35)18-19-34-31(37)26-12-8-9-13-28(26)40(34,38)39/h5-17,23,27H,4,18-21H2,1-3H3,(H,32,36)/t23-,27+/m1/s1. The minimum Gasteiger partial charge on any atom is -0.352 e. The number of rotatable bonds is 11. The maximum Gasteiger partial charge on any atom is 0.269 e. The molecule has 0 fully saturated rings. The molecule has 0 aliphatic carbocycles. The van der Waals surface area contributed by atoms with Crippen molar-refractivity contribution in [1.29, 1.82) is 0 Å². The van der Waals surface area contributed by atoms with Gasteiger partial charge in [0.2, 0.25) is 11.8 Å². The van der Waals surface area contributed by atoms with Crippen LogP contribution in [-0.4, -0.2) is 54.0 Å². The Labute approximate surface area is 236 Å². The van der Waals surface area contributed by atoms with E-state index in [0.717, 1.165) is 27.4 Å². The zero-order chi connectivity index (χ0) is 28.9. The van der Waals surface area contributed by atoms with Crippen LogP contribution in [0.5, 0.6) is 0 Å². The highest BCUT2D eigenvalue weighted by atomic mass is 32.2. The van der Waals surface area contributed by atoms with Gasteiger partial charge in [0.1, 0.15) is 10.9 Å². The van der Waals surface area contributed by atoms with Crippen LogP contribution >= 0.6 is 0 Å². The predicted molar refractivity (Wildman–Crippen MR) is 153 cm³/mol. The van der Waals surface area contributed by atoms with E-state index in [0.29, 0.717) is 0 Å². The molecule has 0 spiro atoms. The van der Waals surface area contributed by atoms with Gasteiger partial charge in [-0.2, -0.15) is 0 Å². The molecule has 1 heterocycles. The SMILES string of the molecule is CC[C@@H](C)NC(=O)[C@H](Cc1ccccc1)N(Cc1ccc(C)cc1)C(=O)CCN1C(=O)c2ccccc2S1(=O)=O. The fraction of sp³-hybridized carbons (Fsp3) is 0.323. The summed E-state index contributed by atoms with van der Waals surface area (Å²) in [5, 5.41) is 3.02. The zero-order valence-corrected chi connectivity index (χ0v) is 23.9. The van der Waals surface area contributed by atoms with E-state index in [9.17, 15) is 22.8 Å². The Morgan fingerprint density at radius 3 is 2.23 bits per heavy atom. The van der Waals surface area contributed by atoms with Crippen LogP contribution in [0.3, 0.4) is 0 Å². The smallest absolute Gasteiger partial charge is 0.269 e. The molecule has 3 aromatic carbocycles. The first-order chi connectivity index (χ1) is 19.1. The molecule has 210 valence electrons. The van der Waals surface area contributed by atoms with E-state index in [1.54, 1.807) is 12.1 Å². The number of sulfonamides is 1. The average Bonchev–Trinajstić information content (AvgIpc) is 3.15. The normalized spacial score (nSPS) is 15.3. The molecule has 8 nitrogen and oxygen atoms in total. The van der Waals surface area contributed by atoms with Crippen molar-refractivity contribution in [3.05, 3.63) is 101 Å². The van der Waals surface area contributed by atoms with E-state index in [4.69, 9.17) is 0 Å². The van der Waals surface area contributed by atoms with E-state index in [1.165, 1.54) is 17.0 Å². The lowest BCUT2D eigenvalue weighted by molar-refractivity contribution is -0.141. The van der Waals surface area contributed by atoms with E-state index in [2.05, 4.69) is 5.32 Å². The second-order valence-electron chi connectivity index (χ2n) is 10.2. The number of nitrogens with zero attached hydrogens (tertiary/aromatic N) is 2. The van der Waals surface area contributed by atoms with Crippen molar-refractivity contribution in [2.24, 2.45) is 0 Å². The van der Waals surface area contributed by atoms with Gasteiger partial charge in [-0.25, -0.2) is 12.7 Å². The van der Waals surface area contributed by atoms with Crippen molar-refractivity contribution in [3.8, 4) is 0 Å². The van der Waals surface area contributed by atoms with Crippen LogP contribution in [0.25, 0.3) is 0 Å². The highest BCUT2D eigenvalue weighted by Gasteiger charge is 2.41. The van der Waals surface area contributed by atoms with E-state index < -0.39 is 27.9 Å². The molecule has 4 rings (SSSR count). The number of aryl methyl sites for hydroxylation is 1. The summed E-state index contributed by atoms with van der Waals surface area (Å²) in [6.07, 6.45) is 0.755. The summed E-state index contributed by atoms with van der Waals surface area (Å²) in [5.74, 6) is -1.35. The molecular weight excluding hydrogens is 526 g/mol. The first-order valence-corrected chi connectivity index (χ1v) is 14.9. The molecule has 0 saturated carbocycles. The van der Waals surface area contributed by atoms with Gasteiger partial charge < -0.3 is 10.2 Å². The molecule has 3 amide bonds. The minimum absolute atomic E-state index is 0.0566. The number of fused-ring (bicyclic) bond motifs is 1. The Morgan fingerprint density at radius 2 is 1.57 bits per heavy atom. The Kier molecular flexibility index (Phi) is 9.04. The molecule has 0 saturated heterocycles. The molecule has 0 radical (unpaired) electrons. The number of carbonyl (C=O) groups is 3. The molecule has 0 unspecified atom stereocenters. The molecule has 0 bridgehead atoms. The van der Waals surface area contributed by atoms with Crippen molar-refractivity contribution < 1.29 is 22.8 Å². The van der Waals surface area contributed by atoms with E-state index in [1.807, 2.05) is 75.4 Å². The Balaban J connectivity index is 1.64. The molecule has 1 N–H and O–H groups in total. The molecular formula is C31H35N3O5S. The summed E-state index contributed by atoms with van der Waals surface area (Å²) >= 11 is 0. The van der Waals surface area contributed by atoms with Gasteiger partial charge in [-0.1, -0.05) is 79.2 Å². The number of hydrogen-bond acceptors (Lipinski definition) is 5. The average molecular weight is 562 g/mol. The van der Waals surface area contributed by atoms with Crippen molar-refractivity contribution in [2.75, 3.05) is 6.54 Å². The van der Waals surface area contributed by atoms with Gasteiger partial charge in [0, 0.05) is 32.0 Å². The number of amides is 3. The maximum absolute atomic E-state index is 13.9. The highest BCUT2D eigenvalue weighted by Crippen LogP contribution is 2.30. The van der Waals surface area contributed by atoms with Crippen molar-refractivity contribution in [2.45, 2.75) is 63.6 Å². The van der Waals surface area contributed by atoms with Gasteiger partial charge in [0.15, 0.2) is 0 Å². The van der Waals surface area contributed by atoms with Crippen molar-refractivity contribution in [1.82, 2.24) is 14.5 Å². The predicted octanol–water partition coefficient (Wildman–Crippen LogP) is 4.08. The van der Waals surface area contributed by atoms with Gasteiger partial charge >= 0.3 is 0 Å². The first kappa shape index (κ1) is 29.0. The number of hydrogen-bond donors (Lipinski definition) is 1. The molecule has 40 heavy (non-hydrogen) atoms. The quantitative estimate of drug-likeness (QED) is 0.380. The summed E-state index contributed by atoms with van der Waals surface area (Å²) in [5.41, 5.74) is 2.89. The largest absolute Gasteiger partial charge is 0.352 e. The van der Waals surface area contributed by atoms with Gasteiger partial charge in [-0.3, -0.25) is 14.4 Å². The summed E-state index contributed by atoms with van der Waals surface area (Å²) in [6.45, 7) is 5.69. The van der Waals surface area contributed by atoms with Gasteiger partial charge in [0.25, 0.3) is 15.9 Å². The molecule has 0 aromatic heterocycles. The summed E-state index contributed by atoms with van der Waals surface area (Å²) < 4.78 is 26.9. The fourth-order valence-electron chi connectivity index (χ4n) is 4.68. The third kappa shape index (κ3) is 6.42. The number of nitrogens with one attached hydrogen (secondary N) is 1. The lowest BCUT2D eigenvalue weighted by Gasteiger charge is -2.32. The third-order valence-corrected chi connectivity index (χ3v) is 9.03. The van der Waals surface area contributed by atoms with Gasteiger partial charge in [-0.15, -0.1) is 0 Å². The first-order valence-electron chi connectivity index (χ1n) is 13.5. The van der Waals surface area contributed by atoms with Crippen LogP contribution in [0, 0.1) is 6.92 Å². The lowest BCUT2D eigenvalue weighted by Crippen LogP contribution is -2.52. The summed E-state index contributed by atoms with van der Waals surface area (Å²) in [7, 11) is -4.05. The number of carbonyl (C=O) groups excluding carboxylic acids is 3. The van der Waals surface area contributed by atoms with Gasteiger partial charge in [0.05, 0.1) is 5.56 Å². The minimum atomic E-state index is -4.05. The van der Waals surface area contributed by atoms with Crippen LogP contribution in [-0.2, 0) is 32.6 Å². The van der Waals surface area contributed by atoms with Crippen LogP contribution in [0.2, 0.25) is 0 Å².